The van der Waals surface area contributed by atoms with Crippen LogP contribution in [0.2, 0.25) is 0 Å². The number of imidazole rings is 1. The molecule has 2 heterocycles. The number of Topliss-reactive ketones (excluding diaryl/α,β-unsaturated/α-hetero) is 1. The summed E-state index contributed by atoms with van der Waals surface area (Å²) in [5.74, 6) is -0.712. The molecule has 10 heteroatoms. The summed E-state index contributed by atoms with van der Waals surface area (Å²) in [6.45, 7) is 3.49. The summed E-state index contributed by atoms with van der Waals surface area (Å²) in [6, 6.07) is 6.14. The minimum atomic E-state index is -2.92. The van der Waals surface area contributed by atoms with Crippen molar-refractivity contribution in [3.63, 3.8) is 0 Å². The minimum absolute atomic E-state index is 0.0800. The molecular formula is C29H32F3N3O4. The number of methoxy groups -OCH3 is 1. The molecule has 2 aliphatic rings. The van der Waals surface area contributed by atoms with Crippen LogP contribution in [0.15, 0.2) is 30.3 Å². The van der Waals surface area contributed by atoms with Crippen LogP contribution in [0, 0.1) is 11.7 Å². The van der Waals surface area contributed by atoms with E-state index in [2.05, 4.69) is 0 Å². The molecule has 7 nitrogen and oxygen atoms in total. The quantitative estimate of drug-likeness (QED) is 0.401. The Morgan fingerprint density at radius 2 is 1.90 bits per heavy atom. The van der Waals surface area contributed by atoms with Crippen molar-refractivity contribution in [2.75, 3.05) is 12.0 Å². The number of carbonyl (C=O) groups excluding carboxylic acids is 2. The van der Waals surface area contributed by atoms with Gasteiger partial charge in [0.2, 0.25) is 0 Å². The monoisotopic (exact) mass is 543 g/mol. The van der Waals surface area contributed by atoms with E-state index in [0.29, 0.717) is 42.4 Å². The first-order valence-electron chi connectivity index (χ1n) is 13.3. The number of hydrogen-bond donors (Lipinski definition) is 1. The first-order chi connectivity index (χ1) is 18.6. The van der Waals surface area contributed by atoms with Crippen LogP contribution in [-0.4, -0.2) is 39.7 Å². The van der Waals surface area contributed by atoms with Gasteiger partial charge in [0.15, 0.2) is 0 Å². The highest BCUT2D eigenvalue weighted by atomic mass is 19.3. The molecule has 1 aliphatic carbocycles. The molecule has 1 N–H and O–H groups in total. The Morgan fingerprint density at radius 3 is 2.59 bits per heavy atom. The van der Waals surface area contributed by atoms with Crippen LogP contribution in [0.4, 0.5) is 23.7 Å². The van der Waals surface area contributed by atoms with Crippen molar-refractivity contribution in [3.8, 4) is 0 Å². The molecule has 1 fully saturated rings. The highest BCUT2D eigenvalue weighted by molar-refractivity contribution is 5.95. The number of aryl methyl sites for hydroxylation is 1. The number of nitrogens with zero attached hydrogens (tertiary/aromatic N) is 3. The molecule has 1 aromatic heterocycles. The van der Waals surface area contributed by atoms with Gasteiger partial charge in [-0.15, -0.1) is 0 Å². The van der Waals surface area contributed by atoms with Crippen LogP contribution in [0.5, 0.6) is 0 Å². The summed E-state index contributed by atoms with van der Waals surface area (Å²) in [6.07, 6.45) is -1.02. The lowest BCUT2D eigenvalue weighted by atomic mass is 9.83. The smallest absolute Gasteiger partial charge is 0.414 e. The first kappa shape index (κ1) is 27.2. The van der Waals surface area contributed by atoms with Crippen molar-refractivity contribution >= 4 is 28.6 Å². The SMILES string of the molecule is COC(=O)N1c2ccc3c(nc([C@H](O)c4cc(F)ccc4C(F)F)n3[C@@H]3CCC[C@@H](C(C)=O)C3)c2CC[C@@H]1C. The highest BCUT2D eigenvalue weighted by Crippen LogP contribution is 2.43. The second-order valence-corrected chi connectivity index (χ2v) is 10.6. The zero-order chi connectivity index (χ0) is 28.0. The van der Waals surface area contributed by atoms with E-state index in [-0.39, 0.29) is 35.2 Å². The van der Waals surface area contributed by atoms with Crippen LogP contribution < -0.4 is 4.90 Å². The number of ketones is 1. The van der Waals surface area contributed by atoms with Crippen LogP contribution in [0.25, 0.3) is 11.0 Å². The number of rotatable bonds is 5. The molecule has 1 saturated carbocycles. The van der Waals surface area contributed by atoms with Gasteiger partial charge in [0.25, 0.3) is 6.43 Å². The molecule has 0 radical (unpaired) electrons. The van der Waals surface area contributed by atoms with E-state index in [4.69, 9.17) is 9.72 Å². The molecular weight excluding hydrogens is 511 g/mol. The fourth-order valence-corrected chi connectivity index (χ4v) is 6.26. The van der Waals surface area contributed by atoms with Crippen molar-refractivity contribution < 1.29 is 32.6 Å². The summed E-state index contributed by atoms with van der Waals surface area (Å²) < 4.78 is 48.9. The Balaban J connectivity index is 1.73. The van der Waals surface area contributed by atoms with Crippen molar-refractivity contribution in [1.82, 2.24) is 9.55 Å². The Bertz CT molecular complexity index is 1420. The zero-order valence-electron chi connectivity index (χ0n) is 22.2. The van der Waals surface area contributed by atoms with E-state index in [9.17, 15) is 27.9 Å². The molecule has 0 saturated heterocycles. The molecule has 1 amide bonds. The molecule has 39 heavy (non-hydrogen) atoms. The fourth-order valence-electron chi connectivity index (χ4n) is 6.26. The number of amides is 1. The molecule has 5 rings (SSSR count). The van der Waals surface area contributed by atoms with Crippen molar-refractivity contribution in [1.29, 1.82) is 0 Å². The van der Waals surface area contributed by atoms with Crippen LogP contribution in [0.1, 0.15) is 87.0 Å². The molecule has 0 spiro atoms. The number of halogens is 3. The normalized spacial score (nSPS) is 22.2. The summed E-state index contributed by atoms with van der Waals surface area (Å²) in [5.41, 5.74) is 1.92. The standard InChI is InChI=1S/C29H32F3N3O4/c1-15-7-9-21-23(34(15)29(38)39-3)11-12-24-25(21)33-28(35(24)19-6-4-5-17(13-19)16(2)36)26(37)22-14-18(30)8-10-20(22)27(31)32/h8,10-12,14-15,17,19,26-27,37H,4-7,9,13H2,1-3H3/t15-,17+,19+,26+/m0/s1. The van der Waals surface area contributed by atoms with E-state index in [0.717, 1.165) is 36.6 Å². The van der Waals surface area contributed by atoms with Gasteiger partial charge in [0, 0.05) is 29.1 Å². The average Bonchev–Trinajstić information content (AvgIpc) is 3.31. The van der Waals surface area contributed by atoms with Gasteiger partial charge < -0.3 is 14.4 Å². The highest BCUT2D eigenvalue weighted by Gasteiger charge is 2.35. The number of aliphatic hydroxyl groups is 1. The van der Waals surface area contributed by atoms with Gasteiger partial charge in [-0.2, -0.15) is 0 Å². The van der Waals surface area contributed by atoms with Crippen LogP contribution >= 0.6 is 0 Å². The lowest BCUT2D eigenvalue weighted by molar-refractivity contribution is -0.122. The largest absolute Gasteiger partial charge is 0.452 e. The van der Waals surface area contributed by atoms with Crippen molar-refractivity contribution in [2.45, 2.75) is 77.0 Å². The minimum Gasteiger partial charge on any atom is -0.452 e. The van der Waals surface area contributed by atoms with E-state index in [1.165, 1.54) is 7.11 Å². The van der Waals surface area contributed by atoms with E-state index in [1.54, 1.807) is 11.8 Å². The lowest BCUT2D eigenvalue weighted by Gasteiger charge is -2.34. The number of fused-ring (bicyclic) bond motifs is 3. The number of aromatic nitrogens is 2. The van der Waals surface area contributed by atoms with Gasteiger partial charge in [-0.1, -0.05) is 12.5 Å². The third-order valence-electron chi connectivity index (χ3n) is 8.26. The molecule has 4 atom stereocenters. The van der Waals surface area contributed by atoms with Gasteiger partial charge in [0.05, 0.1) is 23.8 Å². The first-order valence-corrected chi connectivity index (χ1v) is 13.3. The molecule has 2 aromatic carbocycles. The molecule has 0 bridgehead atoms. The van der Waals surface area contributed by atoms with Crippen molar-refractivity contribution in [2.24, 2.45) is 5.92 Å². The van der Waals surface area contributed by atoms with Gasteiger partial charge in [-0.05, 0) is 75.8 Å². The third kappa shape index (κ3) is 4.79. The second-order valence-electron chi connectivity index (χ2n) is 10.6. The summed E-state index contributed by atoms with van der Waals surface area (Å²) >= 11 is 0. The number of benzene rings is 2. The number of ether oxygens (including phenoxy) is 1. The molecule has 3 aromatic rings. The lowest BCUT2D eigenvalue weighted by Crippen LogP contribution is -2.42. The summed E-state index contributed by atoms with van der Waals surface area (Å²) in [4.78, 5) is 31.3. The fraction of sp³-hybridized carbons (Fsp3) is 0.483. The maximum absolute atomic E-state index is 14.2. The third-order valence-corrected chi connectivity index (χ3v) is 8.26. The number of aliphatic hydroxyl groups excluding tert-OH is 1. The number of hydrogen-bond acceptors (Lipinski definition) is 5. The average molecular weight is 544 g/mol. The van der Waals surface area contributed by atoms with Gasteiger partial charge in [-0.25, -0.2) is 22.9 Å². The van der Waals surface area contributed by atoms with Gasteiger partial charge in [0.1, 0.15) is 23.5 Å². The molecule has 208 valence electrons. The van der Waals surface area contributed by atoms with E-state index < -0.39 is 30.0 Å². The van der Waals surface area contributed by atoms with Crippen LogP contribution in [-0.2, 0) is 16.0 Å². The van der Waals surface area contributed by atoms with Gasteiger partial charge in [-0.3, -0.25) is 9.69 Å². The number of anilines is 1. The van der Waals surface area contributed by atoms with Crippen molar-refractivity contribution in [3.05, 3.63) is 58.7 Å². The maximum Gasteiger partial charge on any atom is 0.414 e. The Morgan fingerprint density at radius 1 is 1.13 bits per heavy atom. The predicted molar refractivity (Wildman–Crippen MR) is 139 cm³/mol. The Hall–Kier alpha value is -3.40. The van der Waals surface area contributed by atoms with E-state index in [1.807, 2.05) is 23.6 Å². The molecule has 1 aliphatic heterocycles. The number of alkyl halides is 2. The summed E-state index contributed by atoms with van der Waals surface area (Å²) in [7, 11) is 1.32. The van der Waals surface area contributed by atoms with Gasteiger partial charge >= 0.3 is 6.09 Å². The zero-order valence-corrected chi connectivity index (χ0v) is 22.2. The van der Waals surface area contributed by atoms with Crippen LogP contribution in [0.3, 0.4) is 0 Å². The predicted octanol–water partition coefficient (Wildman–Crippen LogP) is 6.42. The summed E-state index contributed by atoms with van der Waals surface area (Å²) in [5, 5.41) is 11.5. The maximum atomic E-state index is 14.2. The number of carbonyl (C=O) groups is 2. The van der Waals surface area contributed by atoms with E-state index >= 15 is 0 Å². The Labute approximate surface area is 224 Å². The Kier molecular flexibility index (Phi) is 7.41. The topological polar surface area (TPSA) is 84.7 Å². The second kappa shape index (κ2) is 10.6. The molecule has 0 unspecified atom stereocenters.